The van der Waals surface area contributed by atoms with E-state index in [1.807, 2.05) is 30.3 Å². The molecule has 0 spiro atoms. The van der Waals surface area contributed by atoms with Gasteiger partial charge in [0.15, 0.2) is 0 Å². The van der Waals surface area contributed by atoms with Crippen molar-refractivity contribution in [2.24, 2.45) is 0 Å². The average molecular weight is 307 g/mol. The molecule has 0 fully saturated rings. The van der Waals surface area contributed by atoms with Crippen LogP contribution in [0.1, 0.15) is 30.9 Å². The standard InChI is InChI=1S/C16H21NO5/c1-17(15(19)9-6-10-16(20)21-2)14(11-22-12-18)13-7-4-3-5-8-13/h3-5,7-8,12,14H,6,9-11H2,1-2H3. The Bertz CT molecular complexity index is 489. The molecule has 0 bridgehead atoms. The number of methoxy groups -OCH3 is 1. The Morgan fingerprint density at radius 3 is 2.50 bits per heavy atom. The lowest BCUT2D eigenvalue weighted by atomic mass is 10.1. The molecule has 1 aromatic carbocycles. The smallest absolute Gasteiger partial charge is 0.305 e. The molecule has 1 aromatic rings. The third kappa shape index (κ3) is 5.55. The van der Waals surface area contributed by atoms with E-state index >= 15 is 0 Å². The molecule has 0 N–H and O–H groups in total. The molecule has 0 radical (unpaired) electrons. The van der Waals surface area contributed by atoms with Crippen molar-refractivity contribution in [1.29, 1.82) is 0 Å². The van der Waals surface area contributed by atoms with E-state index < -0.39 is 0 Å². The number of hydrogen-bond acceptors (Lipinski definition) is 5. The van der Waals surface area contributed by atoms with Gasteiger partial charge in [-0.15, -0.1) is 0 Å². The summed E-state index contributed by atoms with van der Waals surface area (Å²) in [4.78, 5) is 35.2. The van der Waals surface area contributed by atoms with E-state index in [2.05, 4.69) is 4.74 Å². The summed E-state index contributed by atoms with van der Waals surface area (Å²) in [5, 5.41) is 0. The zero-order valence-corrected chi connectivity index (χ0v) is 12.9. The summed E-state index contributed by atoms with van der Waals surface area (Å²) in [6.45, 7) is 0.457. The van der Waals surface area contributed by atoms with Gasteiger partial charge in [0.1, 0.15) is 6.61 Å². The molecule has 0 saturated carbocycles. The number of rotatable bonds is 9. The van der Waals surface area contributed by atoms with E-state index in [0.29, 0.717) is 12.9 Å². The van der Waals surface area contributed by atoms with Gasteiger partial charge in [0, 0.05) is 19.9 Å². The maximum atomic E-state index is 12.2. The molecule has 1 unspecified atom stereocenters. The van der Waals surface area contributed by atoms with Crippen molar-refractivity contribution in [2.75, 3.05) is 20.8 Å². The topological polar surface area (TPSA) is 72.9 Å². The molecule has 6 heteroatoms. The van der Waals surface area contributed by atoms with Crippen LogP contribution < -0.4 is 0 Å². The predicted molar refractivity (Wildman–Crippen MR) is 79.8 cm³/mol. The Hall–Kier alpha value is -2.37. The Morgan fingerprint density at radius 1 is 1.23 bits per heavy atom. The minimum Gasteiger partial charge on any atom is -0.469 e. The summed E-state index contributed by atoms with van der Waals surface area (Å²) in [5.74, 6) is -0.452. The molecule has 0 saturated heterocycles. The molecule has 0 aliphatic heterocycles. The number of esters is 1. The lowest BCUT2D eigenvalue weighted by molar-refractivity contribution is -0.141. The fourth-order valence-corrected chi connectivity index (χ4v) is 2.07. The van der Waals surface area contributed by atoms with Crippen molar-refractivity contribution in [2.45, 2.75) is 25.3 Å². The van der Waals surface area contributed by atoms with E-state index in [1.54, 1.807) is 7.05 Å². The maximum Gasteiger partial charge on any atom is 0.305 e. The molecule has 120 valence electrons. The molecule has 1 amide bonds. The highest BCUT2D eigenvalue weighted by atomic mass is 16.5. The SMILES string of the molecule is COC(=O)CCCC(=O)N(C)C(COC=O)c1ccccc1. The van der Waals surface area contributed by atoms with Gasteiger partial charge in [-0.1, -0.05) is 30.3 Å². The van der Waals surface area contributed by atoms with Gasteiger partial charge in [-0.25, -0.2) is 0 Å². The number of hydrogen-bond donors (Lipinski definition) is 0. The Morgan fingerprint density at radius 2 is 1.91 bits per heavy atom. The van der Waals surface area contributed by atoms with Gasteiger partial charge in [0.05, 0.1) is 13.2 Å². The molecular formula is C16H21NO5. The highest BCUT2D eigenvalue weighted by Gasteiger charge is 2.22. The number of carbonyl (C=O) groups is 3. The number of benzene rings is 1. The first-order chi connectivity index (χ1) is 10.6. The van der Waals surface area contributed by atoms with Crippen molar-refractivity contribution in [3.63, 3.8) is 0 Å². The molecular weight excluding hydrogens is 286 g/mol. The van der Waals surface area contributed by atoms with Crippen molar-refractivity contribution in [3.05, 3.63) is 35.9 Å². The van der Waals surface area contributed by atoms with Crippen LogP contribution in [0.2, 0.25) is 0 Å². The van der Waals surface area contributed by atoms with Gasteiger partial charge < -0.3 is 14.4 Å². The van der Waals surface area contributed by atoms with E-state index in [4.69, 9.17) is 4.74 Å². The first-order valence-corrected chi connectivity index (χ1v) is 7.02. The van der Waals surface area contributed by atoms with Crippen molar-refractivity contribution < 1.29 is 23.9 Å². The molecule has 0 aliphatic carbocycles. The van der Waals surface area contributed by atoms with Crippen LogP contribution >= 0.6 is 0 Å². The normalized spacial score (nSPS) is 11.4. The fraction of sp³-hybridized carbons (Fsp3) is 0.438. The van der Waals surface area contributed by atoms with Crippen molar-refractivity contribution >= 4 is 18.3 Å². The first kappa shape index (κ1) is 17.7. The summed E-state index contributed by atoms with van der Waals surface area (Å²) in [5.41, 5.74) is 0.883. The monoisotopic (exact) mass is 307 g/mol. The molecule has 0 aromatic heterocycles. The van der Waals surface area contributed by atoms with Gasteiger partial charge >= 0.3 is 5.97 Å². The highest BCUT2D eigenvalue weighted by Crippen LogP contribution is 2.20. The van der Waals surface area contributed by atoms with Gasteiger partial charge in [0.25, 0.3) is 6.47 Å². The summed E-state index contributed by atoms with van der Waals surface area (Å²) >= 11 is 0. The van der Waals surface area contributed by atoms with Crippen LogP contribution in [0.25, 0.3) is 0 Å². The van der Waals surface area contributed by atoms with Gasteiger partial charge in [-0.3, -0.25) is 14.4 Å². The number of ether oxygens (including phenoxy) is 2. The fourth-order valence-electron chi connectivity index (χ4n) is 2.07. The number of nitrogens with zero attached hydrogens (tertiary/aromatic N) is 1. The number of carbonyl (C=O) groups excluding carboxylic acids is 3. The third-order valence-electron chi connectivity index (χ3n) is 3.37. The largest absolute Gasteiger partial charge is 0.469 e. The second-order valence-electron chi connectivity index (χ2n) is 4.79. The van der Waals surface area contributed by atoms with Crippen LogP contribution in [-0.2, 0) is 23.9 Å². The second-order valence-corrected chi connectivity index (χ2v) is 4.79. The minimum atomic E-state index is -0.350. The van der Waals surface area contributed by atoms with Crippen LogP contribution in [0, 0.1) is 0 Å². The van der Waals surface area contributed by atoms with Crippen LogP contribution in [0.3, 0.4) is 0 Å². The lowest BCUT2D eigenvalue weighted by Crippen LogP contribution is -2.33. The third-order valence-corrected chi connectivity index (χ3v) is 3.37. The van der Waals surface area contributed by atoms with Crippen LogP contribution in [0.4, 0.5) is 0 Å². The van der Waals surface area contributed by atoms with E-state index in [1.165, 1.54) is 12.0 Å². The molecule has 22 heavy (non-hydrogen) atoms. The molecule has 0 aliphatic rings. The zero-order valence-electron chi connectivity index (χ0n) is 12.9. The van der Waals surface area contributed by atoms with E-state index in [-0.39, 0.29) is 37.4 Å². The minimum absolute atomic E-state index is 0.0900. The van der Waals surface area contributed by atoms with E-state index in [9.17, 15) is 14.4 Å². The quantitative estimate of drug-likeness (QED) is 0.513. The lowest BCUT2D eigenvalue weighted by Gasteiger charge is -2.28. The van der Waals surface area contributed by atoms with Gasteiger partial charge in [0.2, 0.25) is 5.91 Å². The molecule has 1 atom stereocenters. The van der Waals surface area contributed by atoms with Gasteiger partial charge in [-0.05, 0) is 12.0 Å². The number of amides is 1. The predicted octanol–water partition coefficient (Wildman–Crippen LogP) is 1.70. The summed E-state index contributed by atoms with van der Waals surface area (Å²) in [6.07, 6.45) is 0.860. The van der Waals surface area contributed by atoms with Crippen LogP contribution in [-0.4, -0.2) is 44.0 Å². The zero-order chi connectivity index (χ0) is 16.4. The van der Waals surface area contributed by atoms with Crippen molar-refractivity contribution in [3.8, 4) is 0 Å². The highest BCUT2D eigenvalue weighted by molar-refractivity contribution is 5.77. The van der Waals surface area contributed by atoms with Crippen LogP contribution in [0.15, 0.2) is 30.3 Å². The Labute approximate surface area is 130 Å². The second kappa shape index (κ2) is 9.55. The Kier molecular flexibility index (Phi) is 7.67. The molecule has 0 heterocycles. The Balaban J connectivity index is 2.66. The summed E-state index contributed by atoms with van der Waals surface area (Å²) in [6, 6.07) is 8.99. The first-order valence-electron chi connectivity index (χ1n) is 7.02. The van der Waals surface area contributed by atoms with E-state index in [0.717, 1.165) is 5.56 Å². The maximum absolute atomic E-state index is 12.2. The van der Waals surface area contributed by atoms with Crippen LogP contribution in [0.5, 0.6) is 0 Å². The summed E-state index contributed by atoms with van der Waals surface area (Å²) < 4.78 is 9.37. The molecule has 1 rings (SSSR count). The van der Waals surface area contributed by atoms with Gasteiger partial charge in [-0.2, -0.15) is 0 Å². The average Bonchev–Trinajstić information content (AvgIpc) is 2.55. The number of likely N-dealkylation sites (N-methyl/N-ethyl adjacent to an activating group) is 1. The summed E-state index contributed by atoms with van der Waals surface area (Å²) in [7, 11) is 2.98. The van der Waals surface area contributed by atoms with Crippen molar-refractivity contribution in [1.82, 2.24) is 4.90 Å². The molecule has 6 nitrogen and oxygen atoms in total.